The minimum atomic E-state index is -0.167. The van der Waals surface area contributed by atoms with E-state index in [1.165, 1.54) is 11.1 Å². The van der Waals surface area contributed by atoms with E-state index in [4.69, 9.17) is 0 Å². The number of anilines is 1. The molecule has 0 aliphatic carbocycles. The van der Waals surface area contributed by atoms with Crippen LogP contribution in [-0.2, 0) is 13.0 Å². The fourth-order valence-corrected chi connectivity index (χ4v) is 2.74. The van der Waals surface area contributed by atoms with E-state index < -0.39 is 0 Å². The molecule has 1 aromatic carbocycles. The number of benzene rings is 1. The Morgan fingerprint density at radius 1 is 1.00 bits per heavy atom. The molecule has 27 heavy (non-hydrogen) atoms. The standard InChI is InChI=1S/C22H24N4O/c1-17-3-5-19(6-4-17)16-25-22(27)21-15-20(9-13-24-21)26(2)14-10-18-7-11-23-12-8-18/h3-9,11-13,15H,10,14,16H2,1-2H3,(H,25,27). The summed E-state index contributed by atoms with van der Waals surface area (Å²) in [6.07, 6.45) is 6.20. The molecule has 5 heteroatoms. The highest BCUT2D eigenvalue weighted by molar-refractivity contribution is 5.93. The van der Waals surface area contributed by atoms with Crippen LogP contribution in [0.5, 0.6) is 0 Å². The van der Waals surface area contributed by atoms with Gasteiger partial charge in [-0.1, -0.05) is 29.8 Å². The minimum absolute atomic E-state index is 0.167. The van der Waals surface area contributed by atoms with Crippen LogP contribution in [-0.4, -0.2) is 29.5 Å². The van der Waals surface area contributed by atoms with Crippen molar-refractivity contribution in [3.05, 3.63) is 89.5 Å². The number of hydrogen-bond donors (Lipinski definition) is 1. The predicted octanol–water partition coefficient (Wildman–Crippen LogP) is 3.39. The zero-order valence-electron chi connectivity index (χ0n) is 15.7. The first-order chi connectivity index (χ1) is 13.1. The molecule has 0 fully saturated rings. The highest BCUT2D eigenvalue weighted by Gasteiger charge is 2.10. The van der Waals surface area contributed by atoms with Crippen LogP contribution in [0.2, 0.25) is 0 Å². The van der Waals surface area contributed by atoms with Gasteiger partial charge in [0, 0.05) is 44.4 Å². The van der Waals surface area contributed by atoms with Crippen LogP contribution in [0.4, 0.5) is 5.69 Å². The van der Waals surface area contributed by atoms with Gasteiger partial charge in [0.2, 0.25) is 0 Å². The molecule has 1 N–H and O–H groups in total. The average Bonchev–Trinajstić information content (AvgIpc) is 2.72. The van der Waals surface area contributed by atoms with Crippen molar-refractivity contribution < 1.29 is 4.79 Å². The summed E-state index contributed by atoms with van der Waals surface area (Å²) in [6.45, 7) is 3.38. The summed E-state index contributed by atoms with van der Waals surface area (Å²) in [7, 11) is 2.02. The van der Waals surface area contributed by atoms with Gasteiger partial charge < -0.3 is 10.2 Å². The topological polar surface area (TPSA) is 58.1 Å². The van der Waals surface area contributed by atoms with E-state index in [-0.39, 0.29) is 5.91 Å². The number of hydrogen-bond acceptors (Lipinski definition) is 4. The molecule has 0 saturated heterocycles. The van der Waals surface area contributed by atoms with E-state index in [0.717, 1.165) is 24.2 Å². The van der Waals surface area contributed by atoms with Gasteiger partial charge in [0.15, 0.2) is 0 Å². The fourth-order valence-electron chi connectivity index (χ4n) is 2.74. The third-order valence-corrected chi connectivity index (χ3v) is 4.48. The van der Waals surface area contributed by atoms with Gasteiger partial charge in [-0.25, -0.2) is 0 Å². The lowest BCUT2D eigenvalue weighted by atomic mass is 10.1. The van der Waals surface area contributed by atoms with Crippen molar-refractivity contribution in [2.75, 3.05) is 18.5 Å². The summed E-state index contributed by atoms with van der Waals surface area (Å²) in [6, 6.07) is 15.9. The maximum absolute atomic E-state index is 12.4. The van der Waals surface area contributed by atoms with E-state index in [1.807, 2.05) is 62.5 Å². The van der Waals surface area contributed by atoms with Gasteiger partial charge in [-0.3, -0.25) is 14.8 Å². The van der Waals surface area contributed by atoms with E-state index in [2.05, 4.69) is 20.2 Å². The van der Waals surface area contributed by atoms with Crippen LogP contribution < -0.4 is 10.2 Å². The van der Waals surface area contributed by atoms with Crippen molar-refractivity contribution in [3.8, 4) is 0 Å². The zero-order valence-corrected chi connectivity index (χ0v) is 15.7. The number of nitrogens with one attached hydrogen (secondary N) is 1. The molecule has 0 atom stereocenters. The van der Waals surface area contributed by atoms with Gasteiger partial charge in [-0.05, 0) is 48.7 Å². The number of rotatable bonds is 7. The predicted molar refractivity (Wildman–Crippen MR) is 108 cm³/mol. The van der Waals surface area contributed by atoms with Crippen molar-refractivity contribution in [3.63, 3.8) is 0 Å². The van der Waals surface area contributed by atoms with Crippen LogP contribution in [0.15, 0.2) is 67.1 Å². The first kappa shape index (κ1) is 18.6. The Morgan fingerprint density at radius 2 is 1.74 bits per heavy atom. The molecule has 0 spiro atoms. The van der Waals surface area contributed by atoms with Gasteiger partial charge in [-0.2, -0.15) is 0 Å². The third-order valence-electron chi connectivity index (χ3n) is 4.48. The number of aromatic nitrogens is 2. The molecular formula is C22H24N4O. The SMILES string of the molecule is Cc1ccc(CNC(=O)c2cc(N(C)CCc3ccncc3)ccn2)cc1. The van der Waals surface area contributed by atoms with Crippen molar-refractivity contribution in [2.45, 2.75) is 19.9 Å². The van der Waals surface area contributed by atoms with Crippen LogP contribution in [0.3, 0.4) is 0 Å². The third kappa shape index (κ3) is 5.38. The van der Waals surface area contributed by atoms with Crippen LogP contribution >= 0.6 is 0 Å². The van der Waals surface area contributed by atoms with Gasteiger partial charge in [0.05, 0.1) is 0 Å². The number of pyridine rings is 2. The molecule has 3 aromatic rings. The van der Waals surface area contributed by atoms with Gasteiger partial charge in [0.25, 0.3) is 5.91 Å². The molecule has 0 radical (unpaired) electrons. The Kier molecular flexibility index (Phi) is 6.15. The highest BCUT2D eigenvalue weighted by Crippen LogP contribution is 2.14. The summed E-state index contributed by atoms with van der Waals surface area (Å²) >= 11 is 0. The fraction of sp³-hybridized carbons (Fsp3) is 0.227. The highest BCUT2D eigenvalue weighted by atomic mass is 16.1. The lowest BCUT2D eigenvalue weighted by Gasteiger charge is -2.19. The van der Waals surface area contributed by atoms with Crippen LogP contribution in [0.1, 0.15) is 27.2 Å². The molecule has 2 heterocycles. The second-order valence-corrected chi connectivity index (χ2v) is 6.59. The van der Waals surface area contributed by atoms with Crippen molar-refractivity contribution in [1.82, 2.24) is 15.3 Å². The number of likely N-dealkylation sites (N-methyl/N-ethyl adjacent to an activating group) is 1. The molecule has 5 nitrogen and oxygen atoms in total. The largest absolute Gasteiger partial charge is 0.374 e. The lowest BCUT2D eigenvalue weighted by Crippen LogP contribution is -2.25. The Bertz CT molecular complexity index is 878. The number of carbonyl (C=O) groups is 1. The zero-order chi connectivity index (χ0) is 19.1. The molecule has 3 rings (SSSR count). The molecule has 0 aliphatic rings. The molecule has 1 amide bonds. The first-order valence-electron chi connectivity index (χ1n) is 9.01. The molecule has 2 aromatic heterocycles. The number of amides is 1. The number of nitrogens with zero attached hydrogens (tertiary/aromatic N) is 3. The van der Waals surface area contributed by atoms with Crippen molar-refractivity contribution in [1.29, 1.82) is 0 Å². The second-order valence-electron chi connectivity index (χ2n) is 6.59. The van der Waals surface area contributed by atoms with E-state index in [0.29, 0.717) is 12.2 Å². The van der Waals surface area contributed by atoms with E-state index in [9.17, 15) is 4.79 Å². The number of aryl methyl sites for hydroxylation is 1. The monoisotopic (exact) mass is 360 g/mol. The molecule has 0 unspecified atom stereocenters. The Hall–Kier alpha value is -3.21. The quantitative estimate of drug-likeness (QED) is 0.702. The second kappa shape index (κ2) is 8.94. The molecule has 0 aliphatic heterocycles. The van der Waals surface area contributed by atoms with E-state index in [1.54, 1.807) is 18.6 Å². The van der Waals surface area contributed by atoms with Crippen LogP contribution in [0.25, 0.3) is 0 Å². The van der Waals surface area contributed by atoms with E-state index >= 15 is 0 Å². The van der Waals surface area contributed by atoms with Gasteiger partial charge in [0.1, 0.15) is 5.69 Å². The lowest BCUT2D eigenvalue weighted by molar-refractivity contribution is 0.0946. The summed E-state index contributed by atoms with van der Waals surface area (Å²) in [5, 5.41) is 2.93. The van der Waals surface area contributed by atoms with Crippen molar-refractivity contribution >= 4 is 11.6 Å². The number of carbonyl (C=O) groups excluding carboxylic acids is 1. The normalized spacial score (nSPS) is 10.4. The Labute approximate surface area is 160 Å². The molecular weight excluding hydrogens is 336 g/mol. The summed E-state index contributed by atoms with van der Waals surface area (Å²) < 4.78 is 0. The van der Waals surface area contributed by atoms with Gasteiger partial charge >= 0.3 is 0 Å². The Morgan fingerprint density at radius 3 is 2.48 bits per heavy atom. The maximum Gasteiger partial charge on any atom is 0.270 e. The summed E-state index contributed by atoms with van der Waals surface area (Å²) in [5.41, 5.74) is 4.91. The molecule has 0 bridgehead atoms. The minimum Gasteiger partial charge on any atom is -0.374 e. The van der Waals surface area contributed by atoms with Crippen molar-refractivity contribution in [2.24, 2.45) is 0 Å². The average molecular weight is 360 g/mol. The molecule has 0 saturated carbocycles. The maximum atomic E-state index is 12.4. The van der Waals surface area contributed by atoms with Gasteiger partial charge in [-0.15, -0.1) is 0 Å². The smallest absolute Gasteiger partial charge is 0.270 e. The summed E-state index contributed by atoms with van der Waals surface area (Å²) in [4.78, 5) is 22.8. The summed E-state index contributed by atoms with van der Waals surface area (Å²) in [5.74, 6) is -0.167. The molecule has 138 valence electrons. The first-order valence-corrected chi connectivity index (χ1v) is 9.01. The Balaban J connectivity index is 1.58. The van der Waals surface area contributed by atoms with Crippen LogP contribution in [0, 0.1) is 6.92 Å².